The number of nitrogens with zero attached hydrogens (tertiary/aromatic N) is 1. The number of nitrogens with two attached hydrogens (primary N) is 1. The van der Waals surface area contributed by atoms with Crippen LogP contribution in [0.15, 0.2) is 34.8 Å². The lowest BCUT2D eigenvalue weighted by Gasteiger charge is -2.22. The second-order valence-electron chi connectivity index (χ2n) is 6.44. The molecule has 1 saturated heterocycles. The zero-order valence-electron chi connectivity index (χ0n) is 15.8. The lowest BCUT2D eigenvalue weighted by Crippen LogP contribution is -2.22. The molecule has 0 spiro atoms. The van der Waals surface area contributed by atoms with Crippen molar-refractivity contribution in [2.24, 2.45) is 5.73 Å². The van der Waals surface area contributed by atoms with Crippen LogP contribution in [0, 0.1) is 0 Å². The van der Waals surface area contributed by atoms with Crippen molar-refractivity contribution in [1.29, 1.82) is 0 Å². The van der Waals surface area contributed by atoms with Crippen molar-refractivity contribution in [1.82, 2.24) is 0 Å². The van der Waals surface area contributed by atoms with Crippen LogP contribution < -0.4 is 25.4 Å². The van der Waals surface area contributed by atoms with Gasteiger partial charge in [0.05, 0.1) is 25.6 Å². The van der Waals surface area contributed by atoms with Gasteiger partial charge in [0.2, 0.25) is 5.91 Å². The highest BCUT2D eigenvalue weighted by molar-refractivity contribution is 9.10. The highest BCUT2D eigenvalue weighted by atomic mass is 79.9. The molecule has 148 valence electrons. The quantitative estimate of drug-likeness (QED) is 0.707. The van der Waals surface area contributed by atoms with Crippen molar-refractivity contribution in [3.05, 3.63) is 45.9 Å². The van der Waals surface area contributed by atoms with Gasteiger partial charge < -0.3 is 25.4 Å². The molecule has 28 heavy (non-hydrogen) atoms. The molecule has 3 rings (SSSR count). The van der Waals surface area contributed by atoms with E-state index < -0.39 is 5.91 Å². The fourth-order valence-electron chi connectivity index (χ4n) is 3.22. The summed E-state index contributed by atoms with van der Waals surface area (Å²) in [5, 5.41) is 2.91. The van der Waals surface area contributed by atoms with Crippen molar-refractivity contribution >= 4 is 39.1 Å². The predicted molar refractivity (Wildman–Crippen MR) is 112 cm³/mol. The third kappa shape index (κ3) is 4.06. The number of carbonyl (C=O) groups excluding carboxylic acids is 2. The first-order valence-corrected chi connectivity index (χ1v) is 9.65. The normalized spacial score (nSPS) is 13.3. The highest BCUT2D eigenvalue weighted by Gasteiger charge is 2.20. The van der Waals surface area contributed by atoms with E-state index in [0.717, 1.165) is 31.6 Å². The molecule has 0 radical (unpaired) electrons. The Hall–Kier alpha value is -2.74. The van der Waals surface area contributed by atoms with E-state index in [1.807, 2.05) is 6.07 Å². The second-order valence-corrected chi connectivity index (χ2v) is 7.23. The Morgan fingerprint density at radius 1 is 1.04 bits per heavy atom. The number of halogens is 1. The smallest absolute Gasteiger partial charge is 0.255 e. The highest BCUT2D eigenvalue weighted by Crippen LogP contribution is 2.36. The molecule has 2 amide bonds. The average Bonchev–Trinajstić information content (AvgIpc) is 3.22. The Labute approximate surface area is 171 Å². The van der Waals surface area contributed by atoms with Gasteiger partial charge in [-0.3, -0.25) is 9.59 Å². The fraction of sp³-hybridized carbons (Fsp3) is 0.300. The van der Waals surface area contributed by atoms with E-state index >= 15 is 0 Å². The first kappa shape index (κ1) is 20.0. The molecule has 8 heteroatoms. The van der Waals surface area contributed by atoms with Gasteiger partial charge in [0.15, 0.2) is 0 Å². The van der Waals surface area contributed by atoms with Gasteiger partial charge in [-0.1, -0.05) is 0 Å². The summed E-state index contributed by atoms with van der Waals surface area (Å²) in [5.41, 5.74) is 7.54. The molecule has 1 heterocycles. The van der Waals surface area contributed by atoms with E-state index in [9.17, 15) is 9.59 Å². The predicted octanol–water partition coefficient (Wildman–Crippen LogP) is 3.42. The van der Waals surface area contributed by atoms with E-state index in [4.69, 9.17) is 15.2 Å². The molecule has 0 aromatic heterocycles. The average molecular weight is 448 g/mol. The largest absolute Gasteiger partial charge is 0.495 e. The molecule has 0 saturated carbocycles. The first-order valence-electron chi connectivity index (χ1n) is 8.86. The van der Waals surface area contributed by atoms with Crippen LogP contribution in [0.5, 0.6) is 11.5 Å². The summed E-state index contributed by atoms with van der Waals surface area (Å²) < 4.78 is 11.2. The summed E-state index contributed by atoms with van der Waals surface area (Å²) in [4.78, 5) is 26.7. The van der Waals surface area contributed by atoms with Crippen LogP contribution in [0.25, 0.3) is 0 Å². The number of hydrogen-bond donors (Lipinski definition) is 2. The van der Waals surface area contributed by atoms with Crippen molar-refractivity contribution in [3.8, 4) is 11.5 Å². The molecule has 7 nitrogen and oxygen atoms in total. The number of hydrogen-bond acceptors (Lipinski definition) is 5. The van der Waals surface area contributed by atoms with Crippen molar-refractivity contribution in [2.75, 3.05) is 37.5 Å². The number of benzene rings is 2. The third-order valence-electron chi connectivity index (χ3n) is 4.68. The molecule has 2 aromatic rings. The number of anilines is 2. The van der Waals surface area contributed by atoms with Crippen LogP contribution >= 0.6 is 15.9 Å². The monoisotopic (exact) mass is 447 g/mol. The van der Waals surface area contributed by atoms with Crippen LogP contribution in [0.3, 0.4) is 0 Å². The van der Waals surface area contributed by atoms with Gasteiger partial charge in [-0.25, -0.2) is 0 Å². The molecule has 0 unspecified atom stereocenters. The number of primary amides is 1. The zero-order chi connectivity index (χ0) is 20.3. The molecule has 1 aliphatic rings. The molecular weight excluding hydrogens is 426 g/mol. The van der Waals surface area contributed by atoms with Crippen LogP contribution in [0.4, 0.5) is 11.4 Å². The number of nitrogens with one attached hydrogen (secondary N) is 1. The van der Waals surface area contributed by atoms with Crippen LogP contribution in [-0.4, -0.2) is 39.1 Å². The van der Waals surface area contributed by atoms with Crippen molar-refractivity contribution < 1.29 is 19.1 Å². The fourth-order valence-corrected chi connectivity index (χ4v) is 3.77. The summed E-state index contributed by atoms with van der Waals surface area (Å²) >= 11 is 3.39. The molecule has 2 aromatic carbocycles. The number of rotatable bonds is 6. The van der Waals surface area contributed by atoms with E-state index in [1.54, 1.807) is 24.3 Å². The Morgan fingerprint density at radius 2 is 1.64 bits per heavy atom. The molecule has 1 fully saturated rings. The van der Waals surface area contributed by atoms with Crippen molar-refractivity contribution in [3.63, 3.8) is 0 Å². The van der Waals surface area contributed by atoms with Gasteiger partial charge in [-0.15, -0.1) is 0 Å². The number of amides is 2. The summed E-state index contributed by atoms with van der Waals surface area (Å²) in [6.45, 7) is 1.80. The topological polar surface area (TPSA) is 93.9 Å². The SMILES string of the molecule is COc1cc(C(=O)Nc2cc(C(N)=O)ccc2N2CCCC2)cc(OC)c1Br. The van der Waals surface area contributed by atoms with Crippen LogP contribution in [0.1, 0.15) is 33.6 Å². The minimum atomic E-state index is -0.546. The maximum atomic E-state index is 12.9. The lowest BCUT2D eigenvalue weighted by molar-refractivity contribution is 0.0996. The maximum absolute atomic E-state index is 12.9. The molecule has 3 N–H and O–H groups in total. The second kappa shape index (κ2) is 8.52. The Morgan fingerprint density at radius 3 is 2.18 bits per heavy atom. The number of methoxy groups -OCH3 is 2. The Balaban J connectivity index is 1.97. The standard InChI is InChI=1S/C20H22BrN3O4/c1-27-16-10-13(11-17(28-2)18(16)21)20(26)23-14-9-12(19(22)25)5-6-15(14)24-7-3-4-8-24/h5-6,9-11H,3-4,7-8H2,1-2H3,(H2,22,25)(H,23,26). The first-order chi connectivity index (χ1) is 13.4. The lowest BCUT2D eigenvalue weighted by atomic mass is 10.1. The summed E-state index contributed by atoms with van der Waals surface area (Å²) in [6.07, 6.45) is 2.18. The zero-order valence-corrected chi connectivity index (χ0v) is 17.3. The van der Waals surface area contributed by atoms with Gasteiger partial charge in [-0.05, 0) is 59.1 Å². The minimum Gasteiger partial charge on any atom is -0.495 e. The van der Waals surface area contributed by atoms with Gasteiger partial charge in [-0.2, -0.15) is 0 Å². The molecular formula is C20H22BrN3O4. The summed E-state index contributed by atoms with van der Waals surface area (Å²) in [7, 11) is 3.03. The van der Waals surface area contributed by atoms with Crippen molar-refractivity contribution in [2.45, 2.75) is 12.8 Å². The van der Waals surface area contributed by atoms with Gasteiger partial charge >= 0.3 is 0 Å². The van der Waals surface area contributed by atoms with E-state index in [-0.39, 0.29) is 5.91 Å². The molecule has 1 aliphatic heterocycles. The van der Waals surface area contributed by atoms with Crippen LogP contribution in [0.2, 0.25) is 0 Å². The van der Waals surface area contributed by atoms with Gasteiger partial charge in [0, 0.05) is 24.2 Å². The van der Waals surface area contributed by atoms with E-state index in [0.29, 0.717) is 32.8 Å². The molecule has 0 atom stereocenters. The maximum Gasteiger partial charge on any atom is 0.255 e. The minimum absolute atomic E-state index is 0.337. The Kier molecular flexibility index (Phi) is 6.08. The van der Waals surface area contributed by atoms with Crippen LogP contribution in [-0.2, 0) is 0 Å². The number of ether oxygens (including phenoxy) is 2. The van der Waals surface area contributed by atoms with E-state index in [2.05, 4.69) is 26.1 Å². The molecule has 0 aliphatic carbocycles. The summed E-state index contributed by atoms with van der Waals surface area (Å²) in [6, 6.07) is 8.35. The number of carbonyl (C=O) groups is 2. The van der Waals surface area contributed by atoms with E-state index in [1.165, 1.54) is 14.2 Å². The third-order valence-corrected chi connectivity index (χ3v) is 5.47. The summed E-state index contributed by atoms with van der Waals surface area (Å²) in [5.74, 6) is 0.0759. The molecule has 0 bridgehead atoms. The Bertz CT molecular complexity index is 885. The van der Waals surface area contributed by atoms with Gasteiger partial charge in [0.25, 0.3) is 5.91 Å². The van der Waals surface area contributed by atoms with Gasteiger partial charge in [0.1, 0.15) is 16.0 Å².